The van der Waals surface area contributed by atoms with Crippen LogP contribution in [0.4, 0.5) is 0 Å². The van der Waals surface area contributed by atoms with Crippen molar-refractivity contribution in [2.45, 2.75) is 0 Å². The minimum absolute atomic E-state index is 0.380. The standard InChI is InChI=1S/C16H18ClO5P/c1-19-11-5-7-15(13(9-11)21-3)23(17,18)16-8-6-12(20-2)10-14(16)22-4/h5-10H,1-4H3. The van der Waals surface area contributed by atoms with Crippen LogP contribution in [0.25, 0.3) is 0 Å². The first-order valence-electron chi connectivity index (χ1n) is 6.72. The van der Waals surface area contributed by atoms with E-state index >= 15 is 0 Å². The van der Waals surface area contributed by atoms with Crippen molar-refractivity contribution in [3.63, 3.8) is 0 Å². The van der Waals surface area contributed by atoms with Gasteiger partial charge in [-0.25, -0.2) is 0 Å². The Bertz CT molecular complexity index is 688. The lowest BCUT2D eigenvalue weighted by atomic mass is 10.3. The topological polar surface area (TPSA) is 54.0 Å². The third-order valence-corrected chi connectivity index (χ3v) is 6.46. The van der Waals surface area contributed by atoms with Crippen LogP contribution in [0.3, 0.4) is 0 Å². The van der Waals surface area contributed by atoms with Crippen LogP contribution in [0.5, 0.6) is 23.0 Å². The summed E-state index contributed by atoms with van der Waals surface area (Å²) in [4.78, 5) is 0. The normalized spacial score (nSPS) is 11.0. The average molecular weight is 357 g/mol. The fourth-order valence-electron chi connectivity index (χ4n) is 2.17. The summed E-state index contributed by atoms with van der Waals surface area (Å²) in [5.41, 5.74) is 0. The summed E-state index contributed by atoms with van der Waals surface area (Å²) in [6.45, 7) is -3.46. The van der Waals surface area contributed by atoms with Crippen LogP contribution in [0.2, 0.25) is 0 Å². The van der Waals surface area contributed by atoms with E-state index in [1.807, 2.05) is 0 Å². The summed E-state index contributed by atoms with van der Waals surface area (Å²) in [6.07, 6.45) is 0. The first-order valence-corrected chi connectivity index (χ1v) is 9.34. The third-order valence-electron chi connectivity index (χ3n) is 3.39. The fourth-order valence-corrected chi connectivity index (χ4v) is 4.68. The van der Waals surface area contributed by atoms with Crippen molar-refractivity contribution >= 4 is 28.3 Å². The van der Waals surface area contributed by atoms with Gasteiger partial charge in [0.15, 0.2) is 0 Å². The molecule has 2 aromatic rings. The van der Waals surface area contributed by atoms with E-state index in [4.69, 9.17) is 30.2 Å². The molecule has 0 fully saturated rings. The number of hydrogen-bond acceptors (Lipinski definition) is 5. The van der Waals surface area contributed by atoms with E-state index in [1.54, 1.807) is 50.6 Å². The van der Waals surface area contributed by atoms with Crippen molar-refractivity contribution in [1.82, 2.24) is 0 Å². The predicted molar refractivity (Wildman–Crippen MR) is 91.8 cm³/mol. The Kier molecular flexibility index (Phi) is 5.45. The largest absolute Gasteiger partial charge is 0.497 e. The van der Waals surface area contributed by atoms with Gasteiger partial charge in [-0.15, -0.1) is 0 Å². The molecule has 0 spiro atoms. The summed E-state index contributed by atoms with van der Waals surface area (Å²) in [5.74, 6) is 1.95. The highest BCUT2D eigenvalue weighted by molar-refractivity contribution is 8.00. The highest BCUT2D eigenvalue weighted by Crippen LogP contribution is 2.53. The molecule has 23 heavy (non-hydrogen) atoms. The molecule has 0 radical (unpaired) electrons. The first kappa shape index (κ1) is 17.5. The Balaban J connectivity index is 2.60. The highest BCUT2D eigenvalue weighted by Gasteiger charge is 2.31. The zero-order valence-corrected chi connectivity index (χ0v) is 15.0. The van der Waals surface area contributed by atoms with Crippen LogP contribution in [0.15, 0.2) is 36.4 Å². The Morgan fingerprint density at radius 1 is 0.739 bits per heavy atom. The van der Waals surface area contributed by atoms with Crippen LogP contribution in [0.1, 0.15) is 0 Å². The van der Waals surface area contributed by atoms with Gasteiger partial charge in [0.25, 0.3) is 0 Å². The molecule has 0 aliphatic carbocycles. The van der Waals surface area contributed by atoms with E-state index in [-0.39, 0.29) is 0 Å². The van der Waals surface area contributed by atoms with Gasteiger partial charge in [0.1, 0.15) is 23.0 Å². The molecule has 0 aliphatic heterocycles. The Hall–Kier alpha value is -1.84. The van der Waals surface area contributed by atoms with Crippen LogP contribution in [0, 0.1) is 0 Å². The minimum atomic E-state index is -3.46. The van der Waals surface area contributed by atoms with Crippen LogP contribution in [-0.4, -0.2) is 28.4 Å². The van der Waals surface area contributed by atoms with Crippen molar-refractivity contribution in [3.05, 3.63) is 36.4 Å². The van der Waals surface area contributed by atoms with Crippen LogP contribution >= 0.6 is 17.7 Å². The number of halogens is 1. The Labute approximate surface area is 140 Å². The maximum absolute atomic E-state index is 13.3. The van der Waals surface area contributed by atoms with E-state index in [0.29, 0.717) is 33.6 Å². The molecular formula is C16H18ClO5P. The second kappa shape index (κ2) is 7.16. The van der Waals surface area contributed by atoms with Crippen molar-refractivity contribution in [1.29, 1.82) is 0 Å². The minimum Gasteiger partial charge on any atom is -0.497 e. The zero-order valence-electron chi connectivity index (χ0n) is 13.3. The molecule has 0 N–H and O–H groups in total. The van der Waals surface area contributed by atoms with E-state index in [2.05, 4.69) is 0 Å². The van der Waals surface area contributed by atoms with E-state index < -0.39 is 6.49 Å². The van der Waals surface area contributed by atoms with E-state index in [1.165, 1.54) is 14.2 Å². The van der Waals surface area contributed by atoms with Gasteiger partial charge in [-0.2, -0.15) is 0 Å². The molecule has 2 aromatic carbocycles. The second-order valence-corrected chi connectivity index (χ2v) is 8.06. The molecule has 0 aliphatic rings. The van der Waals surface area contributed by atoms with Gasteiger partial charge in [0, 0.05) is 12.1 Å². The van der Waals surface area contributed by atoms with Crippen molar-refractivity contribution < 1.29 is 23.5 Å². The number of methoxy groups -OCH3 is 4. The smallest absolute Gasteiger partial charge is 0.233 e. The lowest BCUT2D eigenvalue weighted by molar-refractivity contribution is 0.396. The molecule has 0 heterocycles. The van der Waals surface area contributed by atoms with Crippen molar-refractivity contribution in [2.24, 2.45) is 0 Å². The van der Waals surface area contributed by atoms with Gasteiger partial charge in [0.05, 0.1) is 39.0 Å². The molecule has 0 atom stereocenters. The molecule has 0 bridgehead atoms. The summed E-state index contributed by atoms with van der Waals surface area (Å²) in [5, 5.41) is 0.761. The van der Waals surface area contributed by atoms with Crippen molar-refractivity contribution in [2.75, 3.05) is 28.4 Å². The number of hydrogen-bond donors (Lipinski definition) is 0. The molecule has 0 aromatic heterocycles. The van der Waals surface area contributed by atoms with Crippen LogP contribution < -0.4 is 29.6 Å². The molecule has 2 rings (SSSR count). The van der Waals surface area contributed by atoms with Gasteiger partial charge in [-0.05, 0) is 35.5 Å². The summed E-state index contributed by atoms with van der Waals surface area (Å²) in [7, 11) is 6.06. The quantitative estimate of drug-likeness (QED) is 0.744. The number of rotatable bonds is 6. The molecule has 5 nitrogen and oxygen atoms in total. The number of ether oxygens (including phenoxy) is 4. The lowest BCUT2D eigenvalue weighted by Gasteiger charge is -2.18. The van der Waals surface area contributed by atoms with Gasteiger partial charge in [-0.3, -0.25) is 4.57 Å². The third kappa shape index (κ3) is 3.41. The Morgan fingerprint density at radius 3 is 1.43 bits per heavy atom. The van der Waals surface area contributed by atoms with Gasteiger partial charge in [0.2, 0.25) is 6.49 Å². The number of benzene rings is 2. The molecule has 0 saturated carbocycles. The summed E-state index contributed by atoms with van der Waals surface area (Å²) < 4.78 is 34.2. The molecule has 0 unspecified atom stereocenters. The van der Waals surface area contributed by atoms with Gasteiger partial charge >= 0.3 is 0 Å². The van der Waals surface area contributed by atoms with Crippen LogP contribution in [-0.2, 0) is 4.57 Å². The van der Waals surface area contributed by atoms with Gasteiger partial charge in [-0.1, -0.05) is 0 Å². The maximum atomic E-state index is 13.3. The highest BCUT2D eigenvalue weighted by atomic mass is 35.7. The van der Waals surface area contributed by atoms with E-state index in [9.17, 15) is 4.57 Å². The summed E-state index contributed by atoms with van der Waals surface area (Å²) >= 11 is 6.46. The average Bonchev–Trinajstić information content (AvgIpc) is 2.60. The van der Waals surface area contributed by atoms with Crippen molar-refractivity contribution in [3.8, 4) is 23.0 Å². The second-order valence-electron chi connectivity index (χ2n) is 4.61. The fraction of sp³-hybridized carbons (Fsp3) is 0.250. The predicted octanol–water partition coefficient (Wildman–Crippen LogP) is 3.19. The monoisotopic (exact) mass is 356 g/mol. The molecular weight excluding hydrogens is 339 g/mol. The molecule has 124 valence electrons. The molecule has 7 heteroatoms. The molecule has 0 saturated heterocycles. The maximum Gasteiger partial charge on any atom is 0.233 e. The zero-order chi connectivity index (χ0) is 17.0. The van der Waals surface area contributed by atoms with Gasteiger partial charge < -0.3 is 18.9 Å². The van der Waals surface area contributed by atoms with E-state index in [0.717, 1.165) is 0 Å². The molecule has 0 amide bonds. The SMILES string of the molecule is COc1ccc(P(=O)(Cl)c2ccc(OC)cc2OC)c(OC)c1. The lowest BCUT2D eigenvalue weighted by Crippen LogP contribution is -2.16. The summed E-state index contributed by atoms with van der Waals surface area (Å²) in [6, 6.07) is 9.91. The first-order chi connectivity index (χ1) is 11.0. The Morgan fingerprint density at radius 2 is 1.13 bits per heavy atom.